The Morgan fingerprint density at radius 3 is 2.39 bits per heavy atom. The van der Waals surface area contributed by atoms with Crippen LogP contribution in [0.1, 0.15) is 18.1 Å². The van der Waals surface area contributed by atoms with Gasteiger partial charge in [-0.15, -0.1) is 0 Å². The maximum absolute atomic E-state index is 12.8. The molecule has 2 aromatic rings. The summed E-state index contributed by atoms with van der Waals surface area (Å²) in [5.41, 5.74) is 2.41. The number of hydrogen-bond donors (Lipinski definition) is 1. The van der Waals surface area contributed by atoms with E-state index in [0.717, 1.165) is 49.0 Å². The predicted molar refractivity (Wildman–Crippen MR) is 129 cm³/mol. The normalized spacial score (nSPS) is 15.6. The quantitative estimate of drug-likeness (QED) is 0.575. The van der Waals surface area contributed by atoms with Crippen molar-refractivity contribution in [3.63, 3.8) is 0 Å². The van der Waals surface area contributed by atoms with Crippen molar-refractivity contribution in [1.82, 2.24) is 10.2 Å². The Hall–Kier alpha value is -2.33. The van der Waals surface area contributed by atoms with Crippen LogP contribution < -0.4 is 14.4 Å². The van der Waals surface area contributed by atoms with Gasteiger partial charge < -0.3 is 14.8 Å². The molecule has 3 rings (SSSR count). The average molecular weight is 496 g/mol. The Labute approximate surface area is 200 Å². The monoisotopic (exact) mass is 495 g/mol. The summed E-state index contributed by atoms with van der Waals surface area (Å²) in [5, 5.41) is 3.09. The van der Waals surface area contributed by atoms with Gasteiger partial charge in [0.25, 0.3) is 0 Å². The summed E-state index contributed by atoms with van der Waals surface area (Å²) in [7, 11) is -2.27. The molecular weight excluding hydrogens is 466 g/mol. The van der Waals surface area contributed by atoms with Crippen LogP contribution >= 0.6 is 11.6 Å². The van der Waals surface area contributed by atoms with E-state index in [0.29, 0.717) is 18.0 Å². The summed E-state index contributed by atoms with van der Waals surface area (Å²) in [6, 6.07) is 11.7. The molecule has 8 nitrogen and oxygen atoms in total. The highest BCUT2D eigenvalue weighted by atomic mass is 35.5. The number of nitrogens with one attached hydrogen (secondary N) is 1. The van der Waals surface area contributed by atoms with Crippen molar-refractivity contribution in [2.75, 3.05) is 44.0 Å². The van der Waals surface area contributed by atoms with Gasteiger partial charge in [-0.05, 0) is 36.2 Å². The second kappa shape index (κ2) is 11.2. The zero-order valence-corrected chi connectivity index (χ0v) is 20.7. The number of hydrogen-bond acceptors (Lipinski definition) is 6. The van der Waals surface area contributed by atoms with Crippen molar-refractivity contribution in [2.24, 2.45) is 0 Å². The second-order valence-corrected chi connectivity index (χ2v) is 10.2. The molecule has 1 aliphatic rings. The van der Waals surface area contributed by atoms with Crippen LogP contribution in [-0.4, -0.2) is 64.9 Å². The fourth-order valence-electron chi connectivity index (χ4n) is 3.72. The van der Waals surface area contributed by atoms with Gasteiger partial charge >= 0.3 is 0 Å². The first-order valence-corrected chi connectivity index (χ1v) is 12.9. The summed E-state index contributed by atoms with van der Waals surface area (Å²) in [5.74, 6) is 0.00722. The standard InChI is InChI=1S/C23H30ClN3O5S/c1-17(27(33(3,29)30)20-8-9-22(31-2)21(24)14-20)23(28)25-15-18-4-6-19(7-5-18)16-26-10-12-32-13-11-26/h4-9,14,17H,10-13,15-16H2,1-3H3,(H,25,28)/t17-/m0/s1. The zero-order valence-electron chi connectivity index (χ0n) is 19.1. The number of halogens is 1. The minimum atomic E-state index is -3.74. The molecule has 0 unspecified atom stereocenters. The molecule has 1 fully saturated rings. The molecule has 33 heavy (non-hydrogen) atoms. The topological polar surface area (TPSA) is 88.2 Å². The van der Waals surface area contributed by atoms with Gasteiger partial charge in [0.15, 0.2) is 0 Å². The molecule has 1 heterocycles. The first-order chi connectivity index (χ1) is 15.7. The SMILES string of the molecule is COc1ccc(N([C@@H](C)C(=O)NCc2ccc(CN3CCOCC3)cc2)S(C)(=O)=O)cc1Cl. The third-order valence-corrected chi connectivity index (χ3v) is 7.01. The van der Waals surface area contributed by atoms with Gasteiger partial charge in [0.2, 0.25) is 15.9 Å². The molecule has 0 radical (unpaired) electrons. The molecule has 0 bridgehead atoms. The molecule has 180 valence electrons. The number of morpholine rings is 1. The maximum Gasteiger partial charge on any atom is 0.243 e. The Bertz CT molecular complexity index is 1060. The number of rotatable bonds is 9. The highest BCUT2D eigenvalue weighted by molar-refractivity contribution is 7.92. The highest BCUT2D eigenvalue weighted by Gasteiger charge is 2.29. The number of anilines is 1. The lowest BCUT2D eigenvalue weighted by Crippen LogP contribution is -2.47. The molecule has 1 N–H and O–H groups in total. The molecular formula is C23H30ClN3O5S. The maximum atomic E-state index is 12.8. The van der Waals surface area contributed by atoms with Gasteiger partial charge in [0.1, 0.15) is 11.8 Å². The molecule has 0 saturated carbocycles. The summed E-state index contributed by atoms with van der Waals surface area (Å²) in [4.78, 5) is 15.2. The molecule has 1 amide bonds. The van der Waals surface area contributed by atoms with Crippen molar-refractivity contribution in [2.45, 2.75) is 26.1 Å². The van der Waals surface area contributed by atoms with Crippen LogP contribution in [0.5, 0.6) is 5.75 Å². The number of benzene rings is 2. The number of carbonyl (C=O) groups is 1. The van der Waals surface area contributed by atoms with Crippen molar-refractivity contribution in [1.29, 1.82) is 0 Å². The number of sulfonamides is 1. The van der Waals surface area contributed by atoms with E-state index in [1.807, 2.05) is 24.3 Å². The Morgan fingerprint density at radius 2 is 1.82 bits per heavy atom. The van der Waals surface area contributed by atoms with Gasteiger partial charge in [-0.3, -0.25) is 14.0 Å². The number of nitrogens with zero attached hydrogens (tertiary/aromatic N) is 2. The van der Waals surface area contributed by atoms with Crippen LogP contribution in [0.15, 0.2) is 42.5 Å². The van der Waals surface area contributed by atoms with Gasteiger partial charge in [0, 0.05) is 26.2 Å². The fraction of sp³-hybridized carbons (Fsp3) is 0.435. The van der Waals surface area contributed by atoms with Crippen molar-refractivity contribution in [3.8, 4) is 5.75 Å². The summed E-state index contributed by atoms with van der Waals surface area (Å²) >= 11 is 6.17. The molecule has 0 aliphatic carbocycles. The number of methoxy groups -OCH3 is 1. The zero-order chi connectivity index (χ0) is 24.0. The third kappa shape index (κ3) is 6.83. The van der Waals surface area contributed by atoms with E-state index in [4.69, 9.17) is 21.1 Å². The Kier molecular flexibility index (Phi) is 8.58. The van der Waals surface area contributed by atoms with E-state index in [1.54, 1.807) is 19.1 Å². The van der Waals surface area contributed by atoms with E-state index in [-0.39, 0.29) is 5.02 Å². The number of ether oxygens (including phenoxy) is 2. The molecule has 0 spiro atoms. The Balaban J connectivity index is 1.63. The van der Waals surface area contributed by atoms with Gasteiger partial charge in [0.05, 0.1) is 37.3 Å². The molecule has 10 heteroatoms. The minimum Gasteiger partial charge on any atom is -0.495 e. The first-order valence-electron chi connectivity index (χ1n) is 10.7. The van der Waals surface area contributed by atoms with Crippen LogP contribution in [0.2, 0.25) is 5.02 Å². The van der Waals surface area contributed by atoms with E-state index >= 15 is 0 Å². The van der Waals surface area contributed by atoms with Crippen molar-refractivity contribution in [3.05, 3.63) is 58.6 Å². The minimum absolute atomic E-state index is 0.258. The second-order valence-electron chi connectivity index (χ2n) is 7.98. The predicted octanol–water partition coefficient (Wildman–Crippen LogP) is 2.65. The van der Waals surface area contributed by atoms with E-state index in [9.17, 15) is 13.2 Å². The summed E-state index contributed by atoms with van der Waals surface area (Å²) in [6.45, 7) is 6.06. The van der Waals surface area contributed by atoms with Crippen LogP contribution in [0.3, 0.4) is 0 Å². The Morgan fingerprint density at radius 1 is 1.18 bits per heavy atom. The molecule has 1 saturated heterocycles. The van der Waals surface area contributed by atoms with Gasteiger partial charge in [-0.25, -0.2) is 8.42 Å². The van der Waals surface area contributed by atoms with Crippen LogP contribution in [-0.2, 0) is 32.6 Å². The van der Waals surface area contributed by atoms with Crippen molar-refractivity contribution >= 4 is 33.2 Å². The average Bonchev–Trinajstić information content (AvgIpc) is 2.78. The van der Waals surface area contributed by atoms with Crippen LogP contribution in [0, 0.1) is 0 Å². The van der Waals surface area contributed by atoms with Gasteiger partial charge in [-0.1, -0.05) is 35.9 Å². The van der Waals surface area contributed by atoms with Crippen LogP contribution in [0.4, 0.5) is 5.69 Å². The van der Waals surface area contributed by atoms with Crippen LogP contribution in [0.25, 0.3) is 0 Å². The smallest absolute Gasteiger partial charge is 0.243 e. The van der Waals surface area contributed by atoms with E-state index < -0.39 is 22.0 Å². The highest BCUT2D eigenvalue weighted by Crippen LogP contribution is 2.31. The largest absolute Gasteiger partial charge is 0.495 e. The van der Waals surface area contributed by atoms with Crippen molar-refractivity contribution < 1.29 is 22.7 Å². The first kappa shape index (κ1) is 25.3. The van der Waals surface area contributed by atoms with Gasteiger partial charge in [-0.2, -0.15) is 0 Å². The summed E-state index contributed by atoms with van der Waals surface area (Å²) < 4.78 is 36.5. The fourth-order valence-corrected chi connectivity index (χ4v) is 5.14. The lowest BCUT2D eigenvalue weighted by Gasteiger charge is -2.28. The molecule has 2 aromatic carbocycles. The molecule has 0 aromatic heterocycles. The number of carbonyl (C=O) groups excluding carboxylic acids is 1. The van der Waals surface area contributed by atoms with E-state index in [1.165, 1.54) is 18.7 Å². The van der Waals surface area contributed by atoms with E-state index in [2.05, 4.69) is 10.2 Å². The lowest BCUT2D eigenvalue weighted by atomic mass is 10.1. The third-order valence-electron chi connectivity index (χ3n) is 5.48. The molecule has 1 aliphatic heterocycles. The molecule has 1 atom stereocenters. The lowest BCUT2D eigenvalue weighted by molar-refractivity contribution is -0.122. The summed E-state index contributed by atoms with van der Waals surface area (Å²) in [6.07, 6.45) is 1.06. The number of amides is 1.